The Labute approximate surface area is 116 Å². The number of hydrogen-bond donors (Lipinski definition) is 2. The molecule has 0 bridgehead atoms. The number of carboxylic acids is 1. The second kappa shape index (κ2) is 6.67. The Bertz CT molecular complexity index is 412. The van der Waals surface area contributed by atoms with Crippen molar-refractivity contribution in [2.24, 2.45) is 5.16 Å². The summed E-state index contributed by atoms with van der Waals surface area (Å²) in [5.74, 6) is -1.36. The van der Waals surface area contributed by atoms with Crippen molar-refractivity contribution in [3.63, 3.8) is 0 Å². The molecule has 0 aromatic carbocycles. The van der Waals surface area contributed by atoms with E-state index in [1.54, 1.807) is 4.90 Å². The number of β-amino-alcohol motifs (C(OH)–C–C–N with tert-alkyl or cyclic N) is 1. The summed E-state index contributed by atoms with van der Waals surface area (Å²) in [7, 11) is 0. The molecule has 2 aliphatic heterocycles. The van der Waals surface area contributed by atoms with Crippen LogP contribution in [0.3, 0.4) is 0 Å². The molecule has 2 aliphatic rings. The van der Waals surface area contributed by atoms with E-state index in [4.69, 9.17) is 15.1 Å². The van der Waals surface area contributed by atoms with E-state index in [1.807, 2.05) is 0 Å². The number of rotatable bonds is 4. The lowest BCUT2D eigenvalue weighted by atomic mass is 10.1. The standard InChI is InChI=1S/C12H19N3O5/c16-7-6-14-2-1-3-15(5-4-14)11(17)10-8-9(12(18)19)13-20-10/h10,16H,1-8H2,(H,18,19). The molecule has 1 unspecified atom stereocenters. The average molecular weight is 285 g/mol. The van der Waals surface area contributed by atoms with Crippen LogP contribution in [0.4, 0.5) is 0 Å². The van der Waals surface area contributed by atoms with Gasteiger partial charge in [0, 0.05) is 32.6 Å². The van der Waals surface area contributed by atoms with Crippen molar-refractivity contribution in [2.45, 2.75) is 18.9 Å². The first-order valence-electron chi connectivity index (χ1n) is 6.70. The Morgan fingerprint density at radius 1 is 1.30 bits per heavy atom. The molecule has 1 atom stereocenters. The van der Waals surface area contributed by atoms with Gasteiger partial charge >= 0.3 is 5.97 Å². The number of hydrogen-bond acceptors (Lipinski definition) is 6. The van der Waals surface area contributed by atoms with Gasteiger partial charge in [-0.15, -0.1) is 0 Å². The van der Waals surface area contributed by atoms with Crippen molar-refractivity contribution >= 4 is 17.6 Å². The highest BCUT2D eigenvalue weighted by Crippen LogP contribution is 2.15. The van der Waals surface area contributed by atoms with Crippen molar-refractivity contribution in [1.29, 1.82) is 0 Å². The molecule has 1 amide bonds. The summed E-state index contributed by atoms with van der Waals surface area (Å²) in [6.07, 6.45) is 0.0290. The summed E-state index contributed by atoms with van der Waals surface area (Å²) in [5, 5.41) is 21.1. The lowest BCUT2D eigenvalue weighted by molar-refractivity contribution is -0.141. The smallest absolute Gasteiger partial charge is 0.353 e. The van der Waals surface area contributed by atoms with Gasteiger partial charge in [-0.05, 0) is 13.0 Å². The van der Waals surface area contributed by atoms with Crippen molar-refractivity contribution in [3.8, 4) is 0 Å². The summed E-state index contributed by atoms with van der Waals surface area (Å²) < 4.78 is 0. The monoisotopic (exact) mass is 285 g/mol. The van der Waals surface area contributed by atoms with E-state index >= 15 is 0 Å². The molecule has 0 aromatic rings. The van der Waals surface area contributed by atoms with Gasteiger partial charge in [-0.1, -0.05) is 5.16 Å². The molecule has 0 saturated carbocycles. The third kappa shape index (κ3) is 3.45. The highest BCUT2D eigenvalue weighted by Gasteiger charge is 2.34. The van der Waals surface area contributed by atoms with Crippen LogP contribution in [0.1, 0.15) is 12.8 Å². The van der Waals surface area contributed by atoms with Crippen molar-refractivity contribution < 1.29 is 24.6 Å². The zero-order valence-electron chi connectivity index (χ0n) is 11.2. The van der Waals surface area contributed by atoms with Crippen molar-refractivity contribution in [2.75, 3.05) is 39.3 Å². The Hall–Kier alpha value is -1.67. The number of aliphatic carboxylic acids is 1. The molecular weight excluding hydrogens is 266 g/mol. The zero-order valence-corrected chi connectivity index (χ0v) is 11.2. The first-order valence-corrected chi connectivity index (χ1v) is 6.70. The van der Waals surface area contributed by atoms with Gasteiger partial charge in [0.1, 0.15) is 0 Å². The van der Waals surface area contributed by atoms with Crippen LogP contribution in [0.2, 0.25) is 0 Å². The minimum absolute atomic E-state index is 0.0189. The minimum Gasteiger partial charge on any atom is -0.477 e. The topological polar surface area (TPSA) is 103 Å². The average Bonchev–Trinajstić information content (AvgIpc) is 2.80. The van der Waals surface area contributed by atoms with E-state index in [1.165, 1.54) is 0 Å². The molecule has 2 heterocycles. The highest BCUT2D eigenvalue weighted by molar-refractivity contribution is 6.36. The normalized spacial score (nSPS) is 23.9. The predicted octanol–water partition coefficient (Wildman–Crippen LogP) is -1.26. The molecule has 2 rings (SSSR count). The van der Waals surface area contributed by atoms with E-state index in [2.05, 4.69) is 10.1 Å². The summed E-state index contributed by atoms with van der Waals surface area (Å²) in [4.78, 5) is 31.7. The number of oxime groups is 1. The van der Waals surface area contributed by atoms with Gasteiger partial charge in [-0.3, -0.25) is 9.69 Å². The maximum atomic E-state index is 12.3. The number of carbonyl (C=O) groups excluding carboxylic acids is 1. The van der Waals surface area contributed by atoms with Gasteiger partial charge in [0.05, 0.1) is 6.61 Å². The van der Waals surface area contributed by atoms with Gasteiger partial charge in [0.25, 0.3) is 5.91 Å². The second-order valence-electron chi connectivity index (χ2n) is 4.89. The molecule has 20 heavy (non-hydrogen) atoms. The van der Waals surface area contributed by atoms with E-state index in [0.29, 0.717) is 26.2 Å². The summed E-state index contributed by atoms with van der Waals surface area (Å²) in [6.45, 7) is 3.42. The first kappa shape index (κ1) is 14.7. The van der Waals surface area contributed by atoms with Crippen LogP contribution in [0.5, 0.6) is 0 Å². The van der Waals surface area contributed by atoms with E-state index in [-0.39, 0.29) is 24.6 Å². The minimum atomic E-state index is -1.15. The summed E-state index contributed by atoms with van der Waals surface area (Å²) in [5.41, 5.74) is -0.111. The van der Waals surface area contributed by atoms with Crippen LogP contribution >= 0.6 is 0 Å². The van der Waals surface area contributed by atoms with Crippen LogP contribution in [0.25, 0.3) is 0 Å². The largest absolute Gasteiger partial charge is 0.477 e. The Morgan fingerprint density at radius 3 is 2.75 bits per heavy atom. The molecule has 0 aliphatic carbocycles. The number of nitrogens with zero attached hydrogens (tertiary/aromatic N) is 3. The molecule has 8 nitrogen and oxygen atoms in total. The number of amides is 1. The van der Waals surface area contributed by atoms with Gasteiger partial charge < -0.3 is 20.0 Å². The molecule has 1 saturated heterocycles. The van der Waals surface area contributed by atoms with Crippen LogP contribution < -0.4 is 0 Å². The molecule has 1 fully saturated rings. The maximum Gasteiger partial charge on any atom is 0.353 e. The van der Waals surface area contributed by atoms with Crippen LogP contribution in [0, 0.1) is 0 Å². The number of aliphatic hydroxyl groups is 1. The lowest BCUT2D eigenvalue weighted by Gasteiger charge is -2.23. The van der Waals surface area contributed by atoms with Crippen LogP contribution in [-0.2, 0) is 14.4 Å². The molecule has 2 N–H and O–H groups in total. The molecule has 0 radical (unpaired) electrons. The third-order valence-electron chi connectivity index (χ3n) is 3.51. The van der Waals surface area contributed by atoms with Crippen LogP contribution in [0.15, 0.2) is 5.16 Å². The molecule has 0 aromatic heterocycles. The third-order valence-corrected chi connectivity index (χ3v) is 3.51. The molecule has 8 heteroatoms. The van der Waals surface area contributed by atoms with Gasteiger partial charge in [0.15, 0.2) is 5.71 Å². The molecule has 0 spiro atoms. The Kier molecular flexibility index (Phi) is 4.91. The molecule has 112 valence electrons. The summed E-state index contributed by atoms with van der Waals surface area (Å²) >= 11 is 0. The van der Waals surface area contributed by atoms with E-state index < -0.39 is 12.1 Å². The Morgan fingerprint density at radius 2 is 2.10 bits per heavy atom. The summed E-state index contributed by atoms with van der Waals surface area (Å²) in [6, 6.07) is 0. The lowest BCUT2D eigenvalue weighted by Crippen LogP contribution is -2.42. The fraction of sp³-hybridized carbons (Fsp3) is 0.750. The van der Waals surface area contributed by atoms with Crippen molar-refractivity contribution in [1.82, 2.24) is 9.80 Å². The van der Waals surface area contributed by atoms with Gasteiger partial charge in [-0.25, -0.2) is 4.79 Å². The maximum absolute atomic E-state index is 12.3. The van der Waals surface area contributed by atoms with Crippen molar-refractivity contribution in [3.05, 3.63) is 0 Å². The number of carbonyl (C=O) groups is 2. The first-order chi connectivity index (χ1) is 9.61. The molecular formula is C12H19N3O5. The van der Waals surface area contributed by atoms with E-state index in [9.17, 15) is 9.59 Å². The number of aliphatic hydroxyl groups excluding tert-OH is 1. The van der Waals surface area contributed by atoms with Gasteiger partial charge in [0.2, 0.25) is 6.10 Å². The fourth-order valence-electron chi connectivity index (χ4n) is 2.40. The van der Waals surface area contributed by atoms with Crippen LogP contribution in [-0.4, -0.2) is 83.0 Å². The highest BCUT2D eigenvalue weighted by atomic mass is 16.6. The SMILES string of the molecule is O=C(O)C1=NOC(C(=O)N2CCCN(CCO)CC2)C1. The predicted molar refractivity (Wildman–Crippen MR) is 69.3 cm³/mol. The Balaban J connectivity index is 1.86. The quantitative estimate of drug-likeness (QED) is 0.668. The fourth-order valence-corrected chi connectivity index (χ4v) is 2.40. The van der Waals surface area contributed by atoms with Gasteiger partial charge in [-0.2, -0.15) is 0 Å². The second-order valence-corrected chi connectivity index (χ2v) is 4.89. The zero-order chi connectivity index (χ0) is 14.5. The van der Waals surface area contributed by atoms with E-state index in [0.717, 1.165) is 13.0 Å². The number of carboxylic acid groups (broad SMARTS) is 1.